The van der Waals surface area contributed by atoms with Gasteiger partial charge in [0.15, 0.2) is 10.8 Å². The summed E-state index contributed by atoms with van der Waals surface area (Å²) in [5, 5.41) is 38.1. The summed E-state index contributed by atoms with van der Waals surface area (Å²) in [5.41, 5.74) is -3.11. The zero-order valence-corrected chi connectivity index (χ0v) is 14.0. The highest BCUT2D eigenvalue weighted by Crippen LogP contribution is 2.66. The monoisotopic (exact) mass is 336 g/mol. The van der Waals surface area contributed by atoms with E-state index in [0.29, 0.717) is 11.3 Å². The Balaban J connectivity index is 2.32. The van der Waals surface area contributed by atoms with Crippen molar-refractivity contribution in [1.82, 2.24) is 0 Å². The first-order valence-corrected chi connectivity index (χ1v) is 7.68. The van der Waals surface area contributed by atoms with E-state index in [0.717, 1.165) is 0 Å². The largest absolute Gasteiger partial charge is 0.497 e. The fourth-order valence-corrected chi connectivity index (χ4v) is 3.77. The first kappa shape index (κ1) is 16.8. The van der Waals surface area contributed by atoms with E-state index in [2.05, 4.69) is 0 Å². The van der Waals surface area contributed by atoms with Crippen molar-refractivity contribution in [2.75, 3.05) is 7.11 Å². The molecule has 7 heteroatoms. The van der Waals surface area contributed by atoms with Crippen LogP contribution in [0, 0.1) is 56.2 Å². The van der Waals surface area contributed by atoms with Crippen LogP contribution in [0.2, 0.25) is 0 Å². The molecule has 25 heavy (non-hydrogen) atoms. The van der Waals surface area contributed by atoms with Crippen LogP contribution >= 0.6 is 0 Å². The Hall–Kier alpha value is -3.08. The Bertz CT molecular complexity index is 864. The van der Waals surface area contributed by atoms with Crippen LogP contribution in [0.3, 0.4) is 0 Å². The number of fused-ring (bicyclic) bond motifs is 3. The minimum Gasteiger partial charge on any atom is -0.497 e. The van der Waals surface area contributed by atoms with Crippen LogP contribution in [0.15, 0.2) is 24.3 Å². The third kappa shape index (κ3) is 1.78. The molecule has 3 heterocycles. The molecule has 0 spiro atoms. The van der Waals surface area contributed by atoms with Gasteiger partial charge in [0.2, 0.25) is 11.7 Å². The van der Waals surface area contributed by atoms with Gasteiger partial charge in [0.25, 0.3) is 0 Å². The van der Waals surface area contributed by atoms with Crippen molar-refractivity contribution >= 4 is 5.90 Å². The minimum atomic E-state index is -1.87. The second-order valence-electron chi connectivity index (χ2n) is 6.39. The fourth-order valence-electron chi connectivity index (χ4n) is 3.77. The van der Waals surface area contributed by atoms with Crippen molar-refractivity contribution in [2.45, 2.75) is 25.7 Å². The highest BCUT2D eigenvalue weighted by Gasteiger charge is 2.78. The van der Waals surface area contributed by atoms with Crippen molar-refractivity contribution in [3.8, 4) is 24.0 Å². The summed E-state index contributed by atoms with van der Waals surface area (Å²) in [6.07, 6.45) is -1.01. The molecule has 0 aliphatic carbocycles. The van der Waals surface area contributed by atoms with Gasteiger partial charge in [-0.15, -0.1) is 0 Å². The summed E-state index contributed by atoms with van der Waals surface area (Å²) in [6, 6.07) is 12.9. The number of hydrogen-bond donors (Lipinski definition) is 1. The van der Waals surface area contributed by atoms with Gasteiger partial charge in [-0.1, -0.05) is 19.1 Å². The molecule has 0 radical (unpaired) electrons. The van der Waals surface area contributed by atoms with Crippen molar-refractivity contribution in [1.29, 1.82) is 21.2 Å². The number of nitrogens with one attached hydrogen (secondary N) is 1. The van der Waals surface area contributed by atoms with Gasteiger partial charge in [0.1, 0.15) is 11.9 Å². The number of methoxy groups -OCH3 is 1. The molecule has 3 fully saturated rings. The van der Waals surface area contributed by atoms with E-state index in [9.17, 15) is 15.8 Å². The van der Waals surface area contributed by atoms with E-state index in [-0.39, 0.29) is 0 Å². The van der Waals surface area contributed by atoms with Gasteiger partial charge in [-0.25, -0.2) is 0 Å². The summed E-state index contributed by atoms with van der Waals surface area (Å²) in [4.78, 5) is 0. The number of benzene rings is 1. The van der Waals surface area contributed by atoms with E-state index < -0.39 is 34.5 Å². The second kappa shape index (κ2) is 5.21. The molecule has 7 nitrogen and oxygen atoms in total. The molecule has 1 N–H and O–H groups in total. The topological polar surface area (TPSA) is 123 Å². The van der Waals surface area contributed by atoms with E-state index in [4.69, 9.17) is 19.6 Å². The zero-order valence-electron chi connectivity index (χ0n) is 14.0. The first-order valence-electron chi connectivity index (χ1n) is 7.68. The summed E-state index contributed by atoms with van der Waals surface area (Å²) in [6.45, 7) is 3.22. The van der Waals surface area contributed by atoms with E-state index in [1.807, 2.05) is 18.2 Å². The van der Waals surface area contributed by atoms with Crippen LogP contribution < -0.4 is 4.74 Å². The molecule has 4 atom stereocenters. The van der Waals surface area contributed by atoms with Crippen LogP contribution in [-0.2, 0) is 9.47 Å². The molecule has 0 unspecified atom stereocenters. The second-order valence-corrected chi connectivity index (χ2v) is 6.39. The normalized spacial score (nSPS) is 35.0. The lowest BCUT2D eigenvalue weighted by Crippen LogP contribution is -2.71. The molecule has 0 amide bonds. The van der Waals surface area contributed by atoms with Gasteiger partial charge < -0.3 is 14.2 Å². The minimum absolute atomic E-state index is 0.419. The van der Waals surface area contributed by atoms with Crippen LogP contribution in [0.25, 0.3) is 0 Å². The smallest absolute Gasteiger partial charge is 0.215 e. The number of nitrogens with zero attached hydrogens (tertiary/aromatic N) is 3. The Morgan fingerprint density at radius 1 is 1.20 bits per heavy atom. The van der Waals surface area contributed by atoms with Crippen molar-refractivity contribution in [3.05, 3.63) is 29.8 Å². The van der Waals surface area contributed by atoms with E-state index in [1.165, 1.54) is 7.11 Å². The molecule has 3 aliphatic heterocycles. The molecular weight excluding hydrogens is 320 g/mol. The SMILES string of the molecule is COc1cccc([C@H]2O[C@]3(C)OC(=N)[C@]2(C#N)C(C#N)(C#N)[C@H]3C)c1. The predicted molar refractivity (Wildman–Crippen MR) is 84.9 cm³/mol. The fraction of sp³-hybridized carbons (Fsp3) is 0.444. The van der Waals surface area contributed by atoms with E-state index in [1.54, 1.807) is 38.1 Å². The van der Waals surface area contributed by atoms with Crippen molar-refractivity contribution < 1.29 is 14.2 Å². The van der Waals surface area contributed by atoms with Gasteiger partial charge in [0, 0.05) is 6.92 Å². The van der Waals surface area contributed by atoms with Gasteiger partial charge >= 0.3 is 0 Å². The van der Waals surface area contributed by atoms with Crippen LogP contribution in [-0.4, -0.2) is 18.8 Å². The highest BCUT2D eigenvalue weighted by molar-refractivity contribution is 5.88. The maximum absolute atomic E-state index is 10.0. The number of ether oxygens (including phenoxy) is 3. The van der Waals surface area contributed by atoms with Crippen LogP contribution in [0.5, 0.6) is 5.75 Å². The number of hydrogen-bond acceptors (Lipinski definition) is 7. The number of nitriles is 3. The average molecular weight is 336 g/mol. The lowest BCUT2D eigenvalue weighted by molar-refractivity contribution is -0.338. The Morgan fingerprint density at radius 3 is 2.44 bits per heavy atom. The molecular formula is C18H16N4O3. The summed E-state index contributed by atoms with van der Waals surface area (Å²) in [7, 11) is 1.51. The Labute approximate surface area is 145 Å². The zero-order chi connectivity index (χ0) is 18.5. The third-order valence-corrected chi connectivity index (χ3v) is 5.39. The van der Waals surface area contributed by atoms with Crippen molar-refractivity contribution in [3.63, 3.8) is 0 Å². The quantitative estimate of drug-likeness (QED) is 0.885. The van der Waals surface area contributed by atoms with Gasteiger partial charge in [-0.3, -0.25) is 5.41 Å². The Kier molecular flexibility index (Phi) is 3.49. The average Bonchev–Trinajstić information content (AvgIpc) is 2.63. The first-order chi connectivity index (χ1) is 11.8. The number of rotatable bonds is 2. The molecule has 3 saturated heterocycles. The third-order valence-electron chi connectivity index (χ3n) is 5.39. The molecule has 126 valence electrons. The van der Waals surface area contributed by atoms with E-state index >= 15 is 0 Å². The van der Waals surface area contributed by atoms with Gasteiger partial charge in [-0.2, -0.15) is 15.8 Å². The Morgan fingerprint density at radius 2 is 1.88 bits per heavy atom. The summed E-state index contributed by atoms with van der Waals surface area (Å²) in [5.74, 6) is -1.97. The molecule has 4 rings (SSSR count). The molecule has 1 aromatic carbocycles. The molecule has 3 aliphatic rings. The lowest BCUT2D eigenvalue weighted by Gasteiger charge is -2.60. The van der Waals surface area contributed by atoms with Crippen LogP contribution in [0.1, 0.15) is 25.5 Å². The lowest BCUT2D eigenvalue weighted by atomic mass is 9.51. The maximum atomic E-state index is 10.0. The highest BCUT2D eigenvalue weighted by atomic mass is 16.7. The maximum Gasteiger partial charge on any atom is 0.215 e. The van der Waals surface area contributed by atoms with Gasteiger partial charge in [0.05, 0.1) is 31.2 Å². The van der Waals surface area contributed by atoms with Crippen molar-refractivity contribution in [2.24, 2.45) is 16.7 Å². The summed E-state index contributed by atoms with van der Waals surface area (Å²) >= 11 is 0. The summed E-state index contributed by atoms with van der Waals surface area (Å²) < 4.78 is 16.8. The molecule has 2 bridgehead atoms. The van der Waals surface area contributed by atoms with Gasteiger partial charge in [-0.05, 0) is 17.7 Å². The molecule has 0 aromatic heterocycles. The van der Waals surface area contributed by atoms with Crippen LogP contribution in [0.4, 0.5) is 0 Å². The molecule has 1 aromatic rings. The predicted octanol–water partition coefficient (Wildman–Crippen LogP) is 2.67. The standard InChI is InChI=1S/C18H16N4O3/c1-11-16(2)24-14(12-5-4-6-13(7-12)23-3)18(10-21,15(22)25-16)17(11,8-19)9-20/h4-7,11,14,22H,1-3H3/t11-,14+,16+,18+/m0/s1. The molecule has 0 saturated carbocycles.